The molecule has 0 bridgehead atoms. The molecule has 0 spiro atoms. The average Bonchev–Trinajstić information content (AvgIpc) is 3.09. The molecule has 2 N–H and O–H groups in total. The van der Waals surface area contributed by atoms with Crippen molar-refractivity contribution < 1.29 is 9.32 Å². The van der Waals surface area contributed by atoms with E-state index in [1.54, 1.807) is 31.2 Å². The number of amides is 1. The molecule has 0 unspecified atom stereocenters. The quantitative estimate of drug-likeness (QED) is 0.728. The van der Waals surface area contributed by atoms with E-state index < -0.39 is 6.04 Å². The minimum atomic E-state index is -0.479. The first-order valence-electron chi connectivity index (χ1n) is 9.33. The lowest BCUT2D eigenvalue weighted by molar-refractivity contribution is -0.113. The minimum Gasteiger partial charge on any atom is -0.360 e. The standard InChI is InChI=1S/C21H23N5O2S/c1-12(2)11-26-14(4)18(20(27)23-17-8-13(3)28-25-17)19(24-21(26)29)16-7-5-6-15(9-16)10-22/h5-9,12,19H,11H2,1-4H3,(H,24,29)(H,23,25,27)/t19-/m1/s1. The monoisotopic (exact) mass is 409 g/mol. The second-order valence-electron chi connectivity index (χ2n) is 7.40. The third-order valence-corrected chi connectivity index (χ3v) is 4.95. The van der Waals surface area contributed by atoms with Crippen molar-refractivity contribution in [1.29, 1.82) is 5.26 Å². The fourth-order valence-corrected chi connectivity index (χ4v) is 3.64. The summed E-state index contributed by atoms with van der Waals surface area (Å²) in [5.41, 5.74) is 2.60. The van der Waals surface area contributed by atoms with Gasteiger partial charge in [-0.3, -0.25) is 4.79 Å². The summed E-state index contributed by atoms with van der Waals surface area (Å²) in [4.78, 5) is 15.2. The van der Waals surface area contributed by atoms with E-state index in [4.69, 9.17) is 16.7 Å². The summed E-state index contributed by atoms with van der Waals surface area (Å²) >= 11 is 5.59. The molecule has 150 valence electrons. The van der Waals surface area contributed by atoms with Gasteiger partial charge in [0, 0.05) is 18.3 Å². The molecule has 1 aliphatic rings. The van der Waals surface area contributed by atoms with Crippen LogP contribution in [0.2, 0.25) is 0 Å². The number of aromatic nitrogens is 1. The minimum absolute atomic E-state index is 0.299. The van der Waals surface area contributed by atoms with Gasteiger partial charge < -0.3 is 20.1 Å². The van der Waals surface area contributed by atoms with Crippen molar-refractivity contribution >= 4 is 29.1 Å². The molecule has 0 radical (unpaired) electrons. The van der Waals surface area contributed by atoms with Crippen LogP contribution < -0.4 is 10.6 Å². The number of hydrogen-bond donors (Lipinski definition) is 2. The van der Waals surface area contributed by atoms with Crippen LogP contribution >= 0.6 is 12.2 Å². The molecule has 1 amide bonds. The molecule has 2 heterocycles. The number of carbonyl (C=O) groups excluding carboxylic acids is 1. The molecule has 7 nitrogen and oxygen atoms in total. The number of aryl methyl sites for hydroxylation is 1. The number of thiocarbonyl (C=S) groups is 1. The molecule has 8 heteroatoms. The van der Waals surface area contributed by atoms with Crippen LogP contribution in [0.15, 0.2) is 46.1 Å². The zero-order valence-electron chi connectivity index (χ0n) is 16.8. The number of rotatable bonds is 5. The highest BCUT2D eigenvalue weighted by Crippen LogP contribution is 2.32. The number of allylic oxidation sites excluding steroid dienone is 1. The molecule has 3 rings (SSSR count). The fourth-order valence-electron chi connectivity index (χ4n) is 3.31. The molecule has 29 heavy (non-hydrogen) atoms. The smallest absolute Gasteiger partial charge is 0.257 e. The van der Waals surface area contributed by atoms with Crippen molar-refractivity contribution in [2.75, 3.05) is 11.9 Å². The van der Waals surface area contributed by atoms with E-state index in [-0.39, 0.29) is 5.91 Å². The first kappa shape index (κ1) is 20.6. The summed E-state index contributed by atoms with van der Waals surface area (Å²) in [5, 5.41) is 19.7. The molecule has 1 aliphatic heterocycles. The summed E-state index contributed by atoms with van der Waals surface area (Å²) in [6.45, 7) is 8.52. The van der Waals surface area contributed by atoms with Gasteiger partial charge in [-0.2, -0.15) is 5.26 Å². The number of anilines is 1. The molecule has 0 saturated heterocycles. The van der Waals surface area contributed by atoms with Crippen molar-refractivity contribution in [1.82, 2.24) is 15.4 Å². The first-order chi connectivity index (χ1) is 13.8. The lowest BCUT2D eigenvalue weighted by Gasteiger charge is -2.38. The molecule has 2 aromatic rings. The number of nitrogens with one attached hydrogen (secondary N) is 2. The van der Waals surface area contributed by atoms with Crippen LogP contribution in [0, 0.1) is 24.2 Å². The van der Waals surface area contributed by atoms with E-state index in [9.17, 15) is 10.1 Å². The van der Waals surface area contributed by atoms with Crippen molar-refractivity contribution in [3.63, 3.8) is 0 Å². The predicted molar refractivity (Wildman–Crippen MR) is 114 cm³/mol. The molecular weight excluding hydrogens is 386 g/mol. The maximum atomic E-state index is 13.2. The maximum absolute atomic E-state index is 13.2. The van der Waals surface area contributed by atoms with Crippen LogP contribution in [0.5, 0.6) is 0 Å². The molecule has 1 aromatic heterocycles. The van der Waals surface area contributed by atoms with Crippen LogP contribution in [0.4, 0.5) is 5.82 Å². The van der Waals surface area contributed by atoms with E-state index in [1.807, 2.05) is 17.9 Å². The SMILES string of the molecule is CC1=C(C(=O)Nc2cc(C)on2)[C@@H](c2cccc(C#N)c2)NC(=S)N1CC(C)C. The van der Waals surface area contributed by atoms with Gasteiger partial charge in [-0.1, -0.05) is 31.1 Å². The molecule has 0 fully saturated rings. The van der Waals surface area contributed by atoms with Crippen molar-refractivity contribution in [2.45, 2.75) is 33.7 Å². The van der Waals surface area contributed by atoms with Gasteiger partial charge >= 0.3 is 0 Å². The van der Waals surface area contributed by atoms with Gasteiger partial charge in [-0.05, 0) is 49.7 Å². The maximum Gasteiger partial charge on any atom is 0.257 e. The largest absolute Gasteiger partial charge is 0.360 e. The molecule has 0 aliphatic carbocycles. The van der Waals surface area contributed by atoms with E-state index >= 15 is 0 Å². The van der Waals surface area contributed by atoms with Crippen LogP contribution in [0.1, 0.15) is 43.7 Å². The van der Waals surface area contributed by atoms with Crippen LogP contribution in [0.3, 0.4) is 0 Å². The van der Waals surface area contributed by atoms with Crippen LogP contribution in [0.25, 0.3) is 0 Å². The topological polar surface area (TPSA) is 94.2 Å². The predicted octanol–water partition coefficient (Wildman–Crippen LogP) is 3.65. The number of nitrogens with zero attached hydrogens (tertiary/aromatic N) is 3. The van der Waals surface area contributed by atoms with Gasteiger partial charge in [0.05, 0.1) is 23.2 Å². The summed E-state index contributed by atoms with van der Waals surface area (Å²) in [5.74, 6) is 1.01. The van der Waals surface area contributed by atoms with Gasteiger partial charge in [-0.25, -0.2) is 0 Å². The number of benzene rings is 1. The number of carbonyl (C=O) groups is 1. The summed E-state index contributed by atoms with van der Waals surface area (Å²) in [6.07, 6.45) is 0. The molecule has 0 saturated carbocycles. The summed E-state index contributed by atoms with van der Waals surface area (Å²) in [6, 6.07) is 10.5. The van der Waals surface area contributed by atoms with Crippen LogP contribution in [-0.2, 0) is 4.79 Å². The Bertz CT molecular complexity index is 1020. The van der Waals surface area contributed by atoms with E-state index in [1.165, 1.54) is 0 Å². The Morgan fingerprint density at radius 2 is 2.17 bits per heavy atom. The highest BCUT2D eigenvalue weighted by molar-refractivity contribution is 7.80. The van der Waals surface area contributed by atoms with Gasteiger partial charge in [0.1, 0.15) is 5.76 Å². The average molecular weight is 410 g/mol. The fraction of sp³-hybridized carbons (Fsp3) is 0.333. The number of nitriles is 1. The van der Waals surface area contributed by atoms with Gasteiger partial charge in [0.25, 0.3) is 5.91 Å². The van der Waals surface area contributed by atoms with E-state index in [0.717, 1.165) is 11.3 Å². The van der Waals surface area contributed by atoms with E-state index in [2.05, 4.69) is 35.7 Å². The second kappa shape index (κ2) is 8.45. The van der Waals surface area contributed by atoms with Gasteiger partial charge in [0.2, 0.25) is 0 Å². The summed E-state index contributed by atoms with van der Waals surface area (Å²) < 4.78 is 5.05. The number of hydrogen-bond acceptors (Lipinski definition) is 5. The highest BCUT2D eigenvalue weighted by atomic mass is 32.1. The third kappa shape index (κ3) is 4.46. The Labute approximate surface area is 175 Å². The zero-order chi connectivity index (χ0) is 21.1. The normalized spacial score (nSPS) is 16.6. The van der Waals surface area contributed by atoms with E-state index in [0.29, 0.717) is 40.3 Å². The molecular formula is C21H23N5O2S. The Morgan fingerprint density at radius 3 is 2.79 bits per heavy atom. The lowest BCUT2D eigenvalue weighted by Crippen LogP contribution is -2.49. The second-order valence-corrected chi connectivity index (χ2v) is 7.79. The van der Waals surface area contributed by atoms with Crippen molar-refractivity contribution in [2.24, 2.45) is 5.92 Å². The lowest BCUT2D eigenvalue weighted by atomic mass is 9.93. The Hall–Kier alpha value is -3.18. The van der Waals surface area contributed by atoms with Crippen molar-refractivity contribution in [3.05, 3.63) is 58.5 Å². The molecule has 1 aromatic carbocycles. The Balaban J connectivity index is 2.05. The van der Waals surface area contributed by atoms with Gasteiger partial charge in [-0.15, -0.1) is 0 Å². The van der Waals surface area contributed by atoms with Crippen LogP contribution in [-0.4, -0.2) is 27.6 Å². The van der Waals surface area contributed by atoms with Crippen molar-refractivity contribution in [3.8, 4) is 6.07 Å². The Morgan fingerprint density at radius 1 is 1.41 bits per heavy atom. The third-order valence-electron chi connectivity index (χ3n) is 4.61. The summed E-state index contributed by atoms with van der Waals surface area (Å²) in [7, 11) is 0. The first-order valence-corrected chi connectivity index (χ1v) is 9.74. The van der Waals surface area contributed by atoms with Gasteiger partial charge in [0.15, 0.2) is 10.9 Å². The molecule has 1 atom stereocenters. The highest BCUT2D eigenvalue weighted by Gasteiger charge is 2.34. The Kier molecular flexibility index (Phi) is 5.99. The zero-order valence-corrected chi connectivity index (χ0v) is 17.6.